The maximum Gasteiger partial charge on any atom is 0 e. The fraction of sp³-hybridized carbons (Fsp3) is 0. The van der Waals surface area contributed by atoms with E-state index in [1.165, 1.54) is 0 Å². The molecule has 0 atom stereocenters. The Hall–Kier alpha value is 1.72. The molecule has 0 unspecified atom stereocenters. The summed E-state index contributed by atoms with van der Waals surface area (Å²) in [5.74, 6) is 0. The first kappa shape index (κ1) is 938. The van der Waals surface area contributed by atoms with Crippen LogP contribution in [0.25, 0.3) is 0 Å². The molecule has 0 aromatic heterocycles. The minimum Gasteiger partial charge on any atom is -0.412 e. The first-order chi connectivity index (χ1) is 0. The molecule has 0 spiro atoms. The van der Waals surface area contributed by atoms with Crippen LogP contribution in [0.2, 0.25) is 0 Å². The van der Waals surface area contributed by atoms with Crippen LogP contribution >= 0.6 is 0 Å². The third kappa shape index (κ3) is 638. The molecule has 0 bridgehead atoms. The summed E-state index contributed by atoms with van der Waals surface area (Å²) in [6.07, 6.45) is 0. The molecule has 9 nitrogen and oxygen atoms in total. The van der Waals surface area contributed by atoms with E-state index in [9.17, 15) is 0 Å². The van der Waals surface area contributed by atoms with Crippen molar-refractivity contribution < 1.29 is 118 Å². The molecule has 0 saturated carbocycles. The van der Waals surface area contributed by atoms with Gasteiger partial charge in [0.25, 0.3) is 0 Å². The van der Waals surface area contributed by atoms with Gasteiger partial charge in [0.05, 0.1) is 0 Å². The number of hydrogen-bond donors (Lipinski definition) is 0. The summed E-state index contributed by atoms with van der Waals surface area (Å²) in [7, 11) is 0. The smallest absolute Gasteiger partial charge is 0 e. The van der Waals surface area contributed by atoms with Gasteiger partial charge in [-0.05, 0) is 0 Å². The molecule has 0 heterocycles. The van der Waals surface area contributed by atoms with Crippen molar-refractivity contribution >= 4 is 0 Å². The van der Waals surface area contributed by atoms with Crippen LogP contribution in [-0.2, 0) is 68.3 Å². The van der Waals surface area contributed by atoms with Crippen molar-refractivity contribution in [3.63, 3.8) is 0 Å². The van der Waals surface area contributed by atoms with Gasteiger partial charge in [-0.25, -0.2) is 0 Å². The van der Waals surface area contributed by atoms with E-state index < -0.39 is 0 Å². The second-order valence-electron chi connectivity index (χ2n) is 0. The summed E-state index contributed by atoms with van der Waals surface area (Å²) in [5.41, 5.74) is 0. The Kier molecular flexibility index (Phi) is 54300. The zero-order valence-electron chi connectivity index (χ0n) is 5.91. The van der Waals surface area contributed by atoms with E-state index in [4.69, 9.17) is 0 Å². The van der Waals surface area contributed by atoms with E-state index in [1.54, 1.807) is 0 Å². The van der Waals surface area contributed by atoms with Gasteiger partial charge in [0.1, 0.15) is 0 Å². The first-order valence-electron chi connectivity index (χ1n) is 0. The van der Waals surface area contributed by atoms with Gasteiger partial charge in [-0.3, -0.25) is 0 Å². The van der Waals surface area contributed by atoms with Crippen LogP contribution in [0.4, 0.5) is 0 Å². The van der Waals surface area contributed by atoms with E-state index in [0.29, 0.717) is 0 Å². The predicted octanol–water partition coefficient (Wildman–Crippen LogP) is -7.43. The van der Waals surface area contributed by atoms with Gasteiger partial charge in [-0.15, -0.1) is 0 Å². The minimum absolute atomic E-state index is 0. The van der Waals surface area contributed by atoms with Crippen molar-refractivity contribution in [1.29, 1.82) is 0 Å². The van der Waals surface area contributed by atoms with E-state index in [0.717, 1.165) is 0 Å². The molecule has 0 amide bonds. The van der Waals surface area contributed by atoms with Gasteiger partial charge in [0.2, 0.25) is 0 Å². The van der Waals surface area contributed by atoms with Crippen LogP contribution in [0, 0.1) is 0 Å². The zero-order valence-corrected chi connectivity index (χ0v) is 10.3. The maximum atomic E-state index is 0. The number of rotatable bonds is 0. The summed E-state index contributed by atoms with van der Waals surface area (Å²) in [6.45, 7) is 0. The molecule has 0 aromatic rings. The molecule has 0 aliphatic carbocycles. The van der Waals surface area contributed by atoms with Crippen molar-refractivity contribution in [3.05, 3.63) is 0 Å². The Bertz CT molecular complexity index is 11.6. The Morgan fingerprint density at radius 2 is 0.154 bits per heavy atom. The van der Waals surface area contributed by atoms with Gasteiger partial charge >= 0.3 is 0 Å². The average molecular weight is 386 g/mol. The van der Waals surface area contributed by atoms with E-state index in [1.807, 2.05) is 0 Å². The molecular formula is H18Fe4O9. The molecule has 0 aromatic carbocycles. The first-order valence-corrected chi connectivity index (χ1v) is 0. The van der Waals surface area contributed by atoms with E-state index >= 15 is 0 Å². The average Bonchev–Trinajstić information content (AvgIpc) is 0. The Morgan fingerprint density at radius 3 is 0.154 bits per heavy atom. The van der Waals surface area contributed by atoms with Crippen molar-refractivity contribution in [3.8, 4) is 0 Å². The van der Waals surface area contributed by atoms with Crippen LogP contribution in [0.5, 0.6) is 0 Å². The van der Waals surface area contributed by atoms with Crippen LogP contribution in [0.1, 0.15) is 0 Å². The Balaban J connectivity index is 0. The fourth-order valence-corrected chi connectivity index (χ4v) is 0. The molecule has 0 aliphatic rings. The third-order valence-electron chi connectivity index (χ3n) is 0. The van der Waals surface area contributed by atoms with Crippen LogP contribution in [0.3, 0.4) is 0 Å². The van der Waals surface area contributed by atoms with Crippen molar-refractivity contribution in [2.75, 3.05) is 0 Å². The SMILES string of the molecule is O.O.O.O.O.O.O.O.O.[Fe].[Fe].[Fe].[Fe]. The monoisotopic (exact) mass is 386 g/mol. The predicted molar refractivity (Wildman–Crippen MR) is 32.5 cm³/mol. The second kappa shape index (κ2) is 752. The second-order valence-corrected chi connectivity index (χ2v) is 0. The molecule has 0 rings (SSSR count). The van der Waals surface area contributed by atoms with Crippen LogP contribution in [0.15, 0.2) is 0 Å². The zero-order chi connectivity index (χ0) is 0. The topological polar surface area (TPSA) is 284 Å². The van der Waals surface area contributed by atoms with Gasteiger partial charge in [0.15, 0.2) is 0 Å². The maximum absolute atomic E-state index is 0. The van der Waals surface area contributed by atoms with Gasteiger partial charge in [0, 0.05) is 68.3 Å². The quantitative estimate of drug-likeness (QED) is 0.351. The minimum atomic E-state index is 0. The van der Waals surface area contributed by atoms with Crippen molar-refractivity contribution in [1.82, 2.24) is 0 Å². The molecule has 104 valence electrons. The Morgan fingerprint density at radius 1 is 0.154 bits per heavy atom. The number of hydrogen-bond acceptors (Lipinski definition) is 0. The molecule has 18 N–H and O–H groups in total. The van der Waals surface area contributed by atoms with Crippen LogP contribution in [-0.4, -0.2) is 49.3 Å². The van der Waals surface area contributed by atoms with E-state index in [-0.39, 0.29) is 118 Å². The summed E-state index contributed by atoms with van der Waals surface area (Å²) in [6, 6.07) is 0. The molecule has 0 saturated heterocycles. The molecular weight excluding hydrogens is 367 g/mol. The molecule has 0 radical (unpaired) electrons. The molecule has 0 aliphatic heterocycles. The van der Waals surface area contributed by atoms with Gasteiger partial charge in [-0.1, -0.05) is 0 Å². The Labute approximate surface area is 117 Å². The normalized spacial score (nSPS) is 0. The summed E-state index contributed by atoms with van der Waals surface area (Å²) >= 11 is 0. The summed E-state index contributed by atoms with van der Waals surface area (Å²) in [4.78, 5) is 0. The van der Waals surface area contributed by atoms with Crippen molar-refractivity contribution in [2.24, 2.45) is 0 Å². The summed E-state index contributed by atoms with van der Waals surface area (Å²) < 4.78 is 0. The van der Waals surface area contributed by atoms with Gasteiger partial charge in [-0.2, -0.15) is 0 Å². The molecule has 13 heavy (non-hydrogen) atoms. The van der Waals surface area contributed by atoms with Gasteiger partial charge < -0.3 is 49.3 Å². The van der Waals surface area contributed by atoms with E-state index in [2.05, 4.69) is 0 Å². The fourth-order valence-electron chi connectivity index (χ4n) is 0. The standard InChI is InChI=1S/4Fe.9H2O/h;;;;9*1H2. The largest absolute Gasteiger partial charge is 0.412 e. The molecule has 0 fully saturated rings. The van der Waals surface area contributed by atoms with Crippen LogP contribution < -0.4 is 0 Å². The molecule has 13 heteroatoms. The summed E-state index contributed by atoms with van der Waals surface area (Å²) in [5, 5.41) is 0. The van der Waals surface area contributed by atoms with Crippen molar-refractivity contribution in [2.45, 2.75) is 0 Å². The third-order valence-corrected chi connectivity index (χ3v) is 0.